The van der Waals surface area contributed by atoms with Crippen LogP contribution in [0.5, 0.6) is 5.75 Å². The summed E-state index contributed by atoms with van der Waals surface area (Å²) in [4.78, 5) is 0. The molecule has 0 unspecified atom stereocenters. The Morgan fingerprint density at radius 3 is 2.71 bits per heavy atom. The Kier molecular flexibility index (Phi) is 5.70. The molecule has 0 spiro atoms. The van der Waals surface area contributed by atoms with E-state index >= 15 is 0 Å². The van der Waals surface area contributed by atoms with Gasteiger partial charge in [-0.3, -0.25) is 0 Å². The van der Waals surface area contributed by atoms with E-state index in [2.05, 4.69) is 6.07 Å². The molecular weight excluding hydrogens is 200 g/mol. The minimum absolute atomic E-state index is 0. The van der Waals surface area contributed by atoms with Gasteiger partial charge in [-0.2, -0.15) is 5.26 Å². The molecule has 2 N–H and O–H groups in total. The van der Waals surface area contributed by atoms with Gasteiger partial charge >= 0.3 is 0 Å². The number of halogens is 1. The lowest BCUT2D eigenvalue weighted by Gasteiger charge is -2.05. The first kappa shape index (κ1) is 12.8. The molecule has 0 radical (unpaired) electrons. The highest BCUT2D eigenvalue weighted by Gasteiger charge is 1.98. The van der Waals surface area contributed by atoms with E-state index in [0.717, 1.165) is 11.3 Å². The molecule has 0 amide bonds. The molecule has 0 atom stereocenters. The number of nitriles is 1. The van der Waals surface area contributed by atoms with Gasteiger partial charge in [-0.25, -0.2) is 0 Å². The van der Waals surface area contributed by atoms with Gasteiger partial charge < -0.3 is 10.5 Å². The highest BCUT2D eigenvalue weighted by molar-refractivity contribution is 5.85. The van der Waals surface area contributed by atoms with Gasteiger partial charge in [-0.1, -0.05) is 0 Å². The van der Waals surface area contributed by atoms with E-state index < -0.39 is 0 Å². The number of hydrogen-bond acceptors (Lipinski definition) is 3. The minimum atomic E-state index is 0. The Hall–Kier alpha value is -1.24. The predicted molar refractivity (Wildman–Crippen MR) is 57.7 cm³/mol. The minimum Gasteiger partial charge on any atom is -0.492 e. The van der Waals surface area contributed by atoms with Crippen molar-refractivity contribution in [3.05, 3.63) is 29.3 Å². The molecule has 0 aliphatic rings. The number of ether oxygens (including phenoxy) is 1. The largest absolute Gasteiger partial charge is 0.492 e. The fraction of sp³-hybridized carbons (Fsp3) is 0.300. The molecule has 0 saturated heterocycles. The number of benzene rings is 1. The van der Waals surface area contributed by atoms with Crippen LogP contribution in [0, 0.1) is 18.3 Å². The van der Waals surface area contributed by atoms with Crippen LogP contribution in [0.2, 0.25) is 0 Å². The maximum absolute atomic E-state index is 8.67. The second kappa shape index (κ2) is 6.25. The summed E-state index contributed by atoms with van der Waals surface area (Å²) < 4.78 is 5.30. The van der Waals surface area contributed by atoms with Gasteiger partial charge in [0.05, 0.1) is 11.6 Å². The van der Waals surface area contributed by atoms with Gasteiger partial charge in [0, 0.05) is 6.54 Å². The third kappa shape index (κ3) is 3.25. The Morgan fingerprint density at radius 2 is 2.21 bits per heavy atom. The van der Waals surface area contributed by atoms with E-state index in [4.69, 9.17) is 15.7 Å². The van der Waals surface area contributed by atoms with Gasteiger partial charge in [0.15, 0.2) is 0 Å². The summed E-state index contributed by atoms with van der Waals surface area (Å²) in [5.41, 5.74) is 6.90. The van der Waals surface area contributed by atoms with Crippen molar-refractivity contribution in [1.82, 2.24) is 0 Å². The standard InChI is InChI=1S/C10H12N2O.ClH/c1-8-6-10(13-5-4-11)3-2-9(8)7-12;/h2-3,6H,4-5,11H2,1H3;1H. The molecule has 76 valence electrons. The molecule has 0 saturated carbocycles. The molecule has 0 fully saturated rings. The lowest BCUT2D eigenvalue weighted by atomic mass is 10.1. The van der Waals surface area contributed by atoms with Gasteiger partial charge in [0.1, 0.15) is 12.4 Å². The first-order valence-corrected chi connectivity index (χ1v) is 4.11. The Morgan fingerprint density at radius 1 is 1.50 bits per heavy atom. The molecule has 1 aromatic carbocycles. The first-order valence-electron chi connectivity index (χ1n) is 4.11. The van der Waals surface area contributed by atoms with Gasteiger partial charge in [-0.05, 0) is 30.7 Å². The molecule has 0 heterocycles. The van der Waals surface area contributed by atoms with Crippen molar-refractivity contribution in [2.24, 2.45) is 5.73 Å². The van der Waals surface area contributed by atoms with Crippen LogP contribution in [-0.2, 0) is 0 Å². The molecule has 0 aliphatic carbocycles. The summed E-state index contributed by atoms with van der Waals surface area (Å²) >= 11 is 0. The maximum Gasteiger partial charge on any atom is 0.119 e. The molecule has 0 aliphatic heterocycles. The van der Waals surface area contributed by atoms with E-state index in [-0.39, 0.29) is 12.4 Å². The van der Waals surface area contributed by atoms with Crippen molar-refractivity contribution in [3.8, 4) is 11.8 Å². The molecule has 0 bridgehead atoms. The van der Waals surface area contributed by atoms with E-state index in [1.807, 2.05) is 13.0 Å². The SMILES string of the molecule is Cc1cc(OCCN)ccc1C#N.Cl. The number of aryl methyl sites for hydroxylation is 1. The summed E-state index contributed by atoms with van der Waals surface area (Å²) in [6, 6.07) is 7.47. The number of nitrogens with two attached hydrogens (primary N) is 1. The predicted octanol–water partition coefficient (Wildman–Crippen LogP) is 1.63. The quantitative estimate of drug-likeness (QED) is 0.829. The van der Waals surface area contributed by atoms with Crippen LogP contribution >= 0.6 is 12.4 Å². The second-order valence-electron chi connectivity index (χ2n) is 2.73. The summed E-state index contributed by atoms with van der Waals surface area (Å²) in [5.74, 6) is 0.766. The molecular formula is C10H13ClN2O. The zero-order chi connectivity index (χ0) is 9.68. The van der Waals surface area contributed by atoms with Gasteiger partial charge in [-0.15, -0.1) is 12.4 Å². The molecule has 1 aromatic rings. The van der Waals surface area contributed by atoms with Gasteiger partial charge in [0.25, 0.3) is 0 Å². The normalized spacial score (nSPS) is 8.64. The van der Waals surface area contributed by atoms with Gasteiger partial charge in [0.2, 0.25) is 0 Å². The first-order chi connectivity index (χ1) is 6.27. The smallest absolute Gasteiger partial charge is 0.119 e. The lowest BCUT2D eigenvalue weighted by Crippen LogP contribution is -2.10. The highest BCUT2D eigenvalue weighted by Crippen LogP contribution is 2.16. The molecule has 1 rings (SSSR count). The molecule has 14 heavy (non-hydrogen) atoms. The molecule has 0 aromatic heterocycles. The zero-order valence-corrected chi connectivity index (χ0v) is 8.80. The summed E-state index contributed by atoms with van der Waals surface area (Å²) in [5, 5.41) is 8.67. The molecule has 3 nitrogen and oxygen atoms in total. The van der Waals surface area contributed by atoms with E-state index in [1.54, 1.807) is 12.1 Å². The number of nitrogens with zero attached hydrogens (tertiary/aromatic N) is 1. The van der Waals surface area contributed by atoms with Crippen LogP contribution in [0.3, 0.4) is 0 Å². The van der Waals surface area contributed by atoms with E-state index in [9.17, 15) is 0 Å². The van der Waals surface area contributed by atoms with Crippen molar-refractivity contribution in [2.75, 3.05) is 13.2 Å². The molecule has 4 heteroatoms. The Balaban J connectivity index is 0.00000169. The third-order valence-corrected chi connectivity index (χ3v) is 1.70. The number of rotatable bonds is 3. The van der Waals surface area contributed by atoms with Crippen LogP contribution < -0.4 is 10.5 Å². The average molecular weight is 213 g/mol. The van der Waals surface area contributed by atoms with Crippen LogP contribution in [0.25, 0.3) is 0 Å². The van der Waals surface area contributed by atoms with Crippen molar-refractivity contribution in [1.29, 1.82) is 5.26 Å². The maximum atomic E-state index is 8.67. The fourth-order valence-corrected chi connectivity index (χ4v) is 1.03. The lowest BCUT2D eigenvalue weighted by molar-refractivity contribution is 0.328. The zero-order valence-electron chi connectivity index (χ0n) is 7.99. The monoisotopic (exact) mass is 212 g/mol. The van der Waals surface area contributed by atoms with Crippen LogP contribution in [0.1, 0.15) is 11.1 Å². The van der Waals surface area contributed by atoms with Crippen LogP contribution in [0.4, 0.5) is 0 Å². The summed E-state index contributed by atoms with van der Waals surface area (Å²) in [6.45, 7) is 2.89. The van der Waals surface area contributed by atoms with Crippen LogP contribution in [0.15, 0.2) is 18.2 Å². The second-order valence-corrected chi connectivity index (χ2v) is 2.73. The van der Waals surface area contributed by atoms with Crippen molar-refractivity contribution in [3.63, 3.8) is 0 Å². The van der Waals surface area contributed by atoms with Crippen LogP contribution in [-0.4, -0.2) is 13.2 Å². The van der Waals surface area contributed by atoms with E-state index in [1.165, 1.54) is 0 Å². The summed E-state index contributed by atoms with van der Waals surface area (Å²) in [6.07, 6.45) is 0. The number of hydrogen-bond donors (Lipinski definition) is 1. The van der Waals surface area contributed by atoms with E-state index in [0.29, 0.717) is 18.7 Å². The van der Waals surface area contributed by atoms with Crippen molar-refractivity contribution < 1.29 is 4.74 Å². The van der Waals surface area contributed by atoms with Crippen molar-refractivity contribution in [2.45, 2.75) is 6.92 Å². The highest BCUT2D eigenvalue weighted by atomic mass is 35.5. The fourth-order valence-electron chi connectivity index (χ4n) is 1.03. The summed E-state index contributed by atoms with van der Waals surface area (Å²) in [7, 11) is 0. The third-order valence-electron chi connectivity index (χ3n) is 1.70. The Labute approximate surface area is 89.9 Å². The van der Waals surface area contributed by atoms with Crippen molar-refractivity contribution >= 4 is 12.4 Å². The average Bonchev–Trinajstić information content (AvgIpc) is 2.15. The topological polar surface area (TPSA) is 59.0 Å². The Bertz CT molecular complexity index is 333.